The highest BCUT2D eigenvalue weighted by atomic mass is 32.2. The Hall–Kier alpha value is -1.95. The second-order valence-electron chi connectivity index (χ2n) is 5.33. The summed E-state index contributed by atoms with van der Waals surface area (Å²) >= 11 is 1.40. The second kappa shape index (κ2) is 6.87. The molecule has 2 rings (SSSR count). The topological polar surface area (TPSA) is 63.1 Å². The van der Waals surface area contributed by atoms with Crippen molar-refractivity contribution in [2.75, 3.05) is 5.75 Å². The number of thioether (sulfide) groups is 1. The van der Waals surface area contributed by atoms with Gasteiger partial charge >= 0.3 is 5.97 Å². The second-order valence-corrected chi connectivity index (χ2v) is 6.34. The molecule has 0 aliphatic carbocycles. The minimum Gasteiger partial charge on any atom is -0.478 e. The van der Waals surface area contributed by atoms with Crippen LogP contribution >= 0.6 is 11.8 Å². The Kier molecular flexibility index (Phi) is 5.13. The van der Waals surface area contributed by atoms with E-state index in [4.69, 9.17) is 0 Å². The van der Waals surface area contributed by atoms with Gasteiger partial charge in [-0.1, -0.05) is 13.8 Å². The molecule has 0 spiro atoms. The van der Waals surface area contributed by atoms with Crippen LogP contribution in [0.2, 0.25) is 0 Å². The summed E-state index contributed by atoms with van der Waals surface area (Å²) in [6, 6.07) is 5.84. The van der Waals surface area contributed by atoms with Gasteiger partial charge in [0.25, 0.3) is 0 Å². The van der Waals surface area contributed by atoms with Crippen molar-refractivity contribution in [2.24, 2.45) is 5.92 Å². The Bertz CT molecular complexity index is 687. The maximum Gasteiger partial charge on any atom is 0.340 e. The first-order chi connectivity index (χ1) is 10.4. The average molecular weight is 320 g/mol. The van der Waals surface area contributed by atoms with Crippen LogP contribution in [0.25, 0.3) is 11.4 Å². The maximum absolute atomic E-state index is 13.0. The molecule has 0 aliphatic heterocycles. The lowest BCUT2D eigenvalue weighted by Crippen LogP contribution is -2.09. The molecule has 0 amide bonds. The van der Waals surface area contributed by atoms with Crippen LogP contribution in [0, 0.1) is 18.7 Å². The standard InChI is InChI=1S/C16H17FN2O2S/c1-9(2)8-22-15-13(16(20)21)10(3)18-14(19-15)11-4-6-12(17)7-5-11/h4-7,9H,8H2,1-3H3,(H,20,21). The Morgan fingerprint density at radius 1 is 1.27 bits per heavy atom. The molecule has 0 aliphatic rings. The van der Waals surface area contributed by atoms with Gasteiger partial charge in [0.1, 0.15) is 16.4 Å². The highest BCUT2D eigenvalue weighted by Gasteiger charge is 2.19. The SMILES string of the molecule is Cc1nc(-c2ccc(F)cc2)nc(SCC(C)C)c1C(=O)O. The quantitative estimate of drug-likeness (QED) is 0.665. The number of aryl methyl sites for hydroxylation is 1. The molecule has 0 atom stereocenters. The van der Waals surface area contributed by atoms with Crippen molar-refractivity contribution in [3.05, 3.63) is 41.3 Å². The summed E-state index contributed by atoms with van der Waals surface area (Å²) in [5.74, 6) is 0.218. The Balaban J connectivity index is 2.48. The van der Waals surface area contributed by atoms with Crippen LogP contribution in [0.15, 0.2) is 29.3 Å². The zero-order chi connectivity index (χ0) is 16.3. The highest BCUT2D eigenvalue weighted by molar-refractivity contribution is 7.99. The van der Waals surface area contributed by atoms with Crippen LogP contribution in [0.5, 0.6) is 0 Å². The maximum atomic E-state index is 13.0. The molecule has 4 nitrogen and oxygen atoms in total. The molecule has 0 saturated carbocycles. The number of carbonyl (C=O) groups is 1. The number of hydrogen-bond donors (Lipinski definition) is 1. The van der Waals surface area contributed by atoms with Gasteiger partial charge in [-0.25, -0.2) is 19.2 Å². The Labute approximate surface area is 132 Å². The molecule has 6 heteroatoms. The van der Waals surface area contributed by atoms with E-state index in [1.165, 1.54) is 23.9 Å². The fourth-order valence-corrected chi connectivity index (χ4v) is 2.89. The van der Waals surface area contributed by atoms with E-state index in [9.17, 15) is 14.3 Å². The predicted octanol–water partition coefficient (Wildman–Crippen LogP) is 4.04. The largest absolute Gasteiger partial charge is 0.478 e. The van der Waals surface area contributed by atoms with E-state index in [1.807, 2.05) is 0 Å². The molecule has 1 heterocycles. The van der Waals surface area contributed by atoms with E-state index in [-0.39, 0.29) is 11.4 Å². The van der Waals surface area contributed by atoms with Crippen LogP contribution in [0.1, 0.15) is 29.9 Å². The molecule has 0 saturated heterocycles. The number of rotatable bonds is 5. The molecule has 0 bridgehead atoms. The first kappa shape index (κ1) is 16.4. The Morgan fingerprint density at radius 2 is 1.91 bits per heavy atom. The van der Waals surface area contributed by atoms with Crippen molar-refractivity contribution >= 4 is 17.7 Å². The third-order valence-corrected chi connectivity index (χ3v) is 4.33. The monoisotopic (exact) mass is 320 g/mol. The summed E-state index contributed by atoms with van der Waals surface area (Å²) in [7, 11) is 0. The van der Waals surface area contributed by atoms with Gasteiger partial charge in [-0.05, 0) is 37.1 Å². The van der Waals surface area contributed by atoms with Crippen LogP contribution in [0.3, 0.4) is 0 Å². The third kappa shape index (κ3) is 3.82. The fraction of sp³-hybridized carbons (Fsp3) is 0.312. The van der Waals surface area contributed by atoms with Gasteiger partial charge in [0, 0.05) is 11.3 Å². The number of benzene rings is 1. The van der Waals surface area contributed by atoms with E-state index in [0.717, 1.165) is 5.75 Å². The number of carboxylic acid groups (broad SMARTS) is 1. The lowest BCUT2D eigenvalue weighted by Gasteiger charge is -2.11. The zero-order valence-electron chi connectivity index (χ0n) is 12.6. The van der Waals surface area contributed by atoms with Crippen molar-refractivity contribution in [3.8, 4) is 11.4 Å². The molecule has 22 heavy (non-hydrogen) atoms. The molecular weight excluding hydrogens is 303 g/mol. The number of carboxylic acids is 1. The molecule has 0 radical (unpaired) electrons. The van der Waals surface area contributed by atoms with Gasteiger partial charge in [-0.2, -0.15) is 0 Å². The summed E-state index contributed by atoms with van der Waals surface area (Å²) in [5.41, 5.74) is 1.21. The van der Waals surface area contributed by atoms with E-state index < -0.39 is 5.97 Å². The van der Waals surface area contributed by atoms with Gasteiger partial charge < -0.3 is 5.11 Å². The molecule has 1 N–H and O–H groups in total. The first-order valence-electron chi connectivity index (χ1n) is 6.89. The summed E-state index contributed by atoms with van der Waals surface area (Å²) in [5, 5.41) is 9.82. The van der Waals surface area contributed by atoms with E-state index in [1.54, 1.807) is 19.1 Å². The fourth-order valence-electron chi connectivity index (χ4n) is 1.87. The van der Waals surface area contributed by atoms with Gasteiger partial charge in [-0.15, -0.1) is 11.8 Å². The van der Waals surface area contributed by atoms with Crippen LogP contribution < -0.4 is 0 Å². The highest BCUT2D eigenvalue weighted by Crippen LogP contribution is 2.27. The minimum absolute atomic E-state index is 0.136. The van der Waals surface area contributed by atoms with Gasteiger partial charge in [0.2, 0.25) is 0 Å². The van der Waals surface area contributed by atoms with E-state index in [0.29, 0.717) is 28.0 Å². The summed E-state index contributed by atoms with van der Waals surface area (Å²) in [4.78, 5) is 20.1. The van der Waals surface area contributed by atoms with Crippen molar-refractivity contribution in [2.45, 2.75) is 25.8 Å². The minimum atomic E-state index is -1.03. The van der Waals surface area contributed by atoms with Crippen molar-refractivity contribution in [1.29, 1.82) is 0 Å². The van der Waals surface area contributed by atoms with Crippen LogP contribution in [-0.4, -0.2) is 26.8 Å². The number of hydrogen-bond acceptors (Lipinski definition) is 4. The molecule has 0 fully saturated rings. The number of aromatic nitrogens is 2. The van der Waals surface area contributed by atoms with Gasteiger partial charge in [0.15, 0.2) is 5.82 Å². The van der Waals surface area contributed by atoms with Crippen LogP contribution in [0.4, 0.5) is 4.39 Å². The molecule has 116 valence electrons. The molecule has 2 aromatic rings. The lowest BCUT2D eigenvalue weighted by molar-refractivity contribution is 0.0690. The first-order valence-corrected chi connectivity index (χ1v) is 7.87. The van der Waals surface area contributed by atoms with Gasteiger partial charge in [-0.3, -0.25) is 0 Å². The normalized spacial score (nSPS) is 11.0. The third-order valence-electron chi connectivity index (χ3n) is 2.93. The number of aromatic carboxylic acids is 1. The smallest absolute Gasteiger partial charge is 0.340 e. The summed E-state index contributed by atoms with van der Waals surface area (Å²) in [6.45, 7) is 5.77. The number of nitrogens with zero attached hydrogens (tertiary/aromatic N) is 2. The zero-order valence-corrected chi connectivity index (χ0v) is 13.4. The van der Waals surface area contributed by atoms with Crippen LogP contribution in [-0.2, 0) is 0 Å². The van der Waals surface area contributed by atoms with Crippen molar-refractivity contribution < 1.29 is 14.3 Å². The summed E-state index contributed by atoms with van der Waals surface area (Å²) < 4.78 is 13.0. The van der Waals surface area contributed by atoms with E-state index in [2.05, 4.69) is 23.8 Å². The molecule has 0 unspecified atom stereocenters. The van der Waals surface area contributed by atoms with Gasteiger partial charge in [0.05, 0.1) is 5.69 Å². The lowest BCUT2D eigenvalue weighted by atomic mass is 10.2. The Morgan fingerprint density at radius 3 is 2.45 bits per heavy atom. The van der Waals surface area contributed by atoms with E-state index >= 15 is 0 Å². The predicted molar refractivity (Wildman–Crippen MR) is 84.7 cm³/mol. The number of halogens is 1. The van der Waals surface area contributed by atoms with Crippen molar-refractivity contribution in [3.63, 3.8) is 0 Å². The average Bonchev–Trinajstić information content (AvgIpc) is 2.44. The molecule has 1 aromatic carbocycles. The molecular formula is C16H17FN2O2S. The van der Waals surface area contributed by atoms with Crippen molar-refractivity contribution in [1.82, 2.24) is 9.97 Å². The molecule has 1 aromatic heterocycles. The summed E-state index contributed by atoms with van der Waals surface area (Å²) in [6.07, 6.45) is 0.